The highest BCUT2D eigenvalue weighted by Crippen LogP contribution is 2.25. The Morgan fingerprint density at radius 2 is 2.26 bits per heavy atom. The van der Waals surface area contributed by atoms with Gasteiger partial charge in [-0.05, 0) is 36.1 Å². The van der Waals surface area contributed by atoms with Crippen LogP contribution in [-0.4, -0.2) is 30.3 Å². The summed E-state index contributed by atoms with van der Waals surface area (Å²) in [4.78, 5) is 11.1. The first-order chi connectivity index (χ1) is 9.08. The Labute approximate surface area is 113 Å². The zero-order valence-electron chi connectivity index (χ0n) is 11.5. The van der Waals surface area contributed by atoms with Crippen molar-refractivity contribution in [2.75, 3.05) is 13.2 Å². The fourth-order valence-electron chi connectivity index (χ4n) is 2.38. The van der Waals surface area contributed by atoms with Crippen molar-refractivity contribution in [3.63, 3.8) is 0 Å². The predicted molar refractivity (Wildman–Crippen MR) is 73.6 cm³/mol. The van der Waals surface area contributed by atoms with E-state index in [1.54, 1.807) is 0 Å². The van der Waals surface area contributed by atoms with Crippen LogP contribution in [0.2, 0.25) is 0 Å². The van der Waals surface area contributed by atoms with Crippen LogP contribution in [0.25, 0.3) is 0 Å². The molecule has 0 bridgehead atoms. The lowest BCUT2D eigenvalue weighted by Crippen LogP contribution is -2.41. The summed E-state index contributed by atoms with van der Waals surface area (Å²) in [6, 6.07) is 5.75. The Bertz CT molecular complexity index is 457. The van der Waals surface area contributed by atoms with Gasteiger partial charge in [0.25, 0.3) is 0 Å². The molecule has 0 amide bonds. The van der Waals surface area contributed by atoms with Crippen LogP contribution in [0.5, 0.6) is 5.75 Å². The van der Waals surface area contributed by atoms with E-state index in [9.17, 15) is 4.79 Å². The number of rotatable bonds is 6. The van der Waals surface area contributed by atoms with E-state index >= 15 is 0 Å². The average Bonchev–Trinajstić information content (AvgIpc) is 2.80. The fraction of sp³-hybridized carbons (Fsp3) is 0.533. The lowest BCUT2D eigenvalue weighted by molar-refractivity contribution is -0.140. The van der Waals surface area contributed by atoms with Gasteiger partial charge >= 0.3 is 5.97 Å². The Hall–Kier alpha value is -1.55. The number of nitrogens with one attached hydrogen (secondary N) is 1. The first-order valence-corrected chi connectivity index (χ1v) is 6.78. The summed E-state index contributed by atoms with van der Waals surface area (Å²) in [7, 11) is 0. The van der Waals surface area contributed by atoms with Gasteiger partial charge in [-0.2, -0.15) is 0 Å². The fourth-order valence-corrected chi connectivity index (χ4v) is 2.38. The normalized spacial score (nSPS) is 15.1. The van der Waals surface area contributed by atoms with Crippen LogP contribution >= 0.6 is 0 Å². The van der Waals surface area contributed by atoms with E-state index in [-0.39, 0.29) is 5.92 Å². The van der Waals surface area contributed by atoms with Gasteiger partial charge in [-0.15, -0.1) is 0 Å². The SMILES string of the molecule is CC(C)C(NCCc1ccc2c(c1)CCO2)C(=O)O. The minimum absolute atomic E-state index is 0.0888. The molecule has 0 radical (unpaired) electrons. The van der Waals surface area contributed by atoms with Crippen LogP contribution in [0, 0.1) is 5.92 Å². The molecule has 4 heteroatoms. The van der Waals surface area contributed by atoms with Crippen molar-refractivity contribution in [1.82, 2.24) is 5.32 Å². The van der Waals surface area contributed by atoms with Gasteiger partial charge in [0.05, 0.1) is 6.61 Å². The number of aliphatic carboxylic acids is 1. The van der Waals surface area contributed by atoms with Crippen LogP contribution < -0.4 is 10.1 Å². The minimum Gasteiger partial charge on any atom is -0.493 e. The quantitative estimate of drug-likeness (QED) is 0.822. The van der Waals surface area contributed by atoms with E-state index in [1.807, 2.05) is 19.9 Å². The van der Waals surface area contributed by atoms with E-state index in [2.05, 4.69) is 17.4 Å². The van der Waals surface area contributed by atoms with Crippen LogP contribution in [0.1, 0.15) is 25.0 Å². The van der Waals surface area contributed by atoms with Gasteiger partial charge in [-0.3, -0.25) is 4.79 Å². The summed E-state index contributed by atoms with van der Waals surface area (Å²) in [5.74, 6) is 0.297. The standard InChI is InChI=1S/C15H21NO3/c1-10(2)14(15(17)18)16-7-5-11-3-4-13-12(9-11)6-8-19-13/h3-4,9-10,14,16H,5-8H2,1-2H3,(H,17,18). The number of carboxylic acids is 1. The molecule has 0 aliphatic carbocycles. The van der Waals surface area contributed by atoms with E-state index in [0.717, 1.165) is 25.2 Å². The number of hydrogen-bond donors (Lipinski definition) is 2. The van der Waals surface area contributed by atoms with E-state index in [4.69, 9.17) is 9.84 Å². The van der Waals surface area contributed by atoms with Crippen LogP contribution in [0.4, 0.5) is 0 Å². The average molecular weight is 263 g/mol. The van der Waals surface area contributed by atoms with Crippen LogP contribution in [0.3, 0.4) is 0 Å². The van der Waals surface area contributed by atoms with Crippen molar-refractivity contribution < 1.29 is 14.6 Å². The van der Waals surface area contributed by atoms with E-state index in [1.165, 1.54) is 11.1 Å². The third-order valence-corrected chi connectivity index (χ3v) is 3.46. The summed E-state index contributed by atoms with van der Waals surface area (Å²) < 4.78 is 5.47. The Kier molecular flexibility index (Phi) is 4.43. The summed E-state index contributed by atoms with van der Waals surface area (Å²) in [5, 5.41) is 12.2. The summed E-state index contributed by atoms with van der Waals surface area (Å²) in [5.41, 5.74) is 2.49. The van der Waals surface area contributed by atoms with Gasteiger partial charge in [-0.25, -0.2) is 0 Å². The molecule has 104 valence electrons. The topological polar surface area (TPSA) is 58.6 Å². The highest BCUT2D eigenvalue weighted by Gasteiger charge is 2.20. The second kappa shape index (κ2) is 6.06. The van der Waals surface area contributed by atoms with Gasteiger partial charge < -0.3 is 15.2 Å². The maximum atomic E-state index is 11.1. The molecule has 0 saturated carbocycles. The summed E-state index contributed by atoms with van der Waals surface area (Å²) in [6.07, 6.45) is 1.81. The van der Waals surface area contributed by atoms with E-state index < -0.39 is 12.0 Å². The molecule has 2 rings (SSSR count). The van der Waals surface area contributed by atoms with Gasteiger partial charge in [0, 0.05) is 6.42 Å². The molecule has 1 heterocycles. The number of ether oxygens (including phenoxy) is 1. The van der Waals surface area contributed by atoms with E-state index in [0.29, 0.717) is 6.54 Å². The monoisotopic (exact) mass is 263 g/mol. The second-order valence-electron chi connectivity index (χ2n) is 5.30. The van der Waals surface area contributed by atoms with Crippen LogP contribution in [-0.2, 0) is 17.6 Å². The molecule has 0 fully saturated rings. The summed E-state index contributed by atoms with van der Waals surface area (Å²) >= 11 is 0. The molecular weight excluding hydrogens is 242 g/mol. The molecule has 1 aromatic rings. The number of carbonyl (C=O) groups is 1. The Morgan fingerprint density at radius 1 is 1.47 bits per heavy atom. The van der Waals surface area contributed by atoms with Gasteiger partial charge in [0.2, 0.25) is 0 Å². The lowest BCUT2D eigenvalue weighted by Gasteiger charge is -2.17. The second-order valence-corrected chi connectivity index (χ2v) is 5.30. The molecule has 0 spiro atoms. The minimum atomic E-state index is -0.780. The molecule has 1 aliphatic rings. The zero-order chi connectivity index (χ0) is 13.8. The van der Waals surface area contributed by atoms with Crippen molar-refractivity contribution in [2.24, 2.45) is 5.92 Å². The lowest BCUT2D eigenvalue weighted by atomic mass is 10.0. The van der Waals surface area contributed by atoms with Gasteiger partial charge in [-0.1, -0.05) is 26.0 Å². The smallest absolute Gasteiger partial charge is 0.320 e. The third kappa shape index (κ3) is 3.47. The Morgan fingerprint density at radius 3 is 2.95 bits per heavy atom. The predicted octanol–water partition coefficient (Wildman–Crippen LogP) is 1.86. The number of carboxylic acid groups (broad SMARTS) is 1. The molecule has 0 saturated heterocycles. The molecule has 0 aromatic heterocycles. The Balaban J connectivity index is 1.87. The zero-order valence-corrected chi connectivity index (χ0v) is 11.5. The van der Waals surface area contributed by atoms with Crippen molar-refractivity contribution in [3.8, 4) is 5.75 Å². The number of fused-ring (bicyclic) bond motifs is 1. The molecule has 2 N–H and O–H groups in total. The van der Waals surface area contributed by atoms with Gasteiger partial charge in [0.1, 0.15) is 11.8 Å². The molecule has 1 atom stereocenters. The number of benzene rings is 1. The summed E-state index contributed by atoms with van der Waals surface area (Å²) in [6.45, 7) is 5.28. The van der Waals surface area contributed by atoms with Crippen molar-refractivity contribution in [1.29, 1.82) is 0 Å². The maximum Gasteiger partial charge on any atom is 0.320 e. The first kappa shape index (κ1) is 13.9. The maximum absolute atomic E-state index is 11.1. The highest BCUT2D eigenvalue weighted by molar-refractivity contribution is 5.73. The third-order valence-electron chi connectivity index (χ3n) is 3.46. The molecular formula is C15H21NO3. The molecule has 19 heavy (non-hydrogen) atoms. The van der Waals surface area contributed by atoms with Crippen molar-refractivity contribution in [3.05, 3.63) is 29.3 Å². The number of hydrogen-bond acceptors (Lipinski definition) is 3. The molecule has 4 nitrogen and oxygen atoms in total. The van der Waals surface area contributed by atoms with Crippen LogP contribution in [0.15, 0.2) is 18.2 Å². The highest BCUT2D eigenvalue weighted by atomic mass is 16.5. The van der Waals surface area contributed by atoms with Gasteiger partial charge in [0.15, 0.2) is 0 Å². The van der Waals surface area contributed by atoms with Crippen molar-refractivity contribution in [2.45, 2.75) is 32.7 Å². The first-order valence-electron chi connectivity index (χ1n) is 6.78. The molecule has 1 unspecified atom stereocenters. The molecule has 1 aliphatic heterocycles. The largest absolute Gasteiger partial charge is 0.493 e. The molecule has 1 aromatic carbocycles. The van der Waals surface area contributed by atoms with Crippen molar-refractivity contribution >= 4 is 5.97 Å².